The molecule has 3 nitrogen and oxygen atoms in total. The van der Waals surface area contributed by atoms with Crippen LogP contribution >= 0.6 is 0 Å². The lowest BCUT2D eigenvalue weighted by Gasteiger charge is -2.15. The van der Waals surface area contributed by atoms with Crippen LogP contribution in [-0.2, 0) is 9.73 Å². The molecule has 3 rings (SSSR count). The average molecular weight is 270 g/mol. The van der Waals surface area contributed by atoms with Crippen molar-refractivity contribution < 1.29 is 4.21 Å². The van der Waals surface area contributed by atoms with Gasteiger partial charge in [0.05, 0.1) is 16.3 Å². The zero-order valence-corrected chi connectivity index (χ0v) is 11.4. The highest BCUT2D eigenvalue weighted by Crippen LogP contribution is 2.33. The van der Waals surface area contributed by atoms with Gasteiger partial charge in [0, 0.05) is 11.0 Å². The molecule has 0 spiro atoms. The van der Waals surface area contributed by atoms with Crippen LogP contribution in [0.25, 0.3) is 5.70 Å². The summed E-state index contributed by atoms with van der Waals surface area (Å²) in [7, 11) is -2.61. The van der Waals surface area contributed by atoms with Crippen LogP contribution in [-0.4, -0.2) is 4.21 Å². The highest BCUT2D eigenvalue weighted by atomic mass is 32.2. The van der Waals surface area contributed by atoms with Crippen molar-refractivity contribution in [3.63, 3.8) is 0 Å². The summed E-state index contributed by atoms with van der Waals surface area (Å²) in [6, 6.07) is 15.0. The summed E-state index contributed by atoms with van der Waals surface area (Å²) in [6.07, 6.45) is 0. The molecule has 0 radical (unpaired) electrons. The highest BCUT2D eigenvalue weighted by Gasteiger charge is 2.18. The molecule has 0 aliphatic carbocycles. The number of nitrogens with two attached hydrogens (primary N) is 1. The minimum Gasteiger partial charge on any atom is -0.398 e. The fourth-order valence-electron chi connectivity index (χ4n) is 2.06. The molecule has 0 amide bonds. The summed E-state index contributed by atoms with van der Waals surface area (Å²) in [5.41, 5.74) is 9.19. The molecule has 0 saturated heterocycles. The van der Waals surface area contributed by atoms with Gasteiger partial charge >= 0.3 is 0 Å². The molecule has 1 atom stereocenters. The van der Waals surface area contributed by atoms with E-state index in [0.717, 1.165) is 11.1 Å². The standard InChI is InChI=1S/C15H14N2OS/c1-11-6-8-12(9-7-11)19(18)10-14(16)13-4-2-3-5-15(13)17-19/h2-10H,16H2,1H3. The van der Waals surface area contributed by atoms with Crippen molar-refractivity contribution in [1.82, 2.24) is 0 Å². The molecule has 0 aromatic heterocycles. The summed E-state index contributed by atoms with van der Waals surface area (Å²) >= 11 is 0. The van der Waals surface area contributed by atoms with Crippen molar-refractivity contribution in [3.05, 3.63) is 65.1 Å². The van der Waals surface area contributed by atoms with E-state index < -0.39 is 9.73 Å². The molecule has 2 aromatic rings. The number of aryl methyl sites for hydroxylation is 1. The van der Waals surface area contributed by atoms with E-state index in [0.29, 0.717) is 16.3 Å². The maximum atomic E-state index is 13.0. The van der Waals surface area contributed by atoms with Crippen LogP contribution < -0.4 is 5.73 Å². The monoisotopic (exact) mass is 270 g/mol. The first-order chi connectivity index (χ1) is 9.08. The lowest BCUT2D eigenvalue weighted by atomic mass is 10.1. The molecule has 0 saturated carbocycles. The second kappa shape index (κ2) is 4.24. The number of hydrogen-bond donors (Lipinski definition) is 1. The largest absolute Gasteiger partial charge is 0.398 e. The Morgan fingerprint density at radius 1 is 1.05 bits per heavy atom. The molecule has 1 heterocycles. The zero-order chi connectivity index (χ0) is 13.5. The average Bonchev–Trinajstić information content (AvgIpc) is 2.39. The van der Waals surface area contributed by atoms with Gasteiger partial charge in [0.1, 0.15) is 9.73 Å². The van der Waals surface area contributed by atoms with Crippen LogP contribution in [0.3, 0.4) is 0 Å². The second-order valence-corrected chi connectivity index (χ2v) is 6.59. The molecule has 96 valence electrons. The topological polar surface area (TPSA) is 55.5 Å². The molecular weight excluding hydrogens is 256 g/mol. The maximum Gasteiger partial charge on any atom is 0.104 e. The van der Waals surface area contributed by atoms with Crippen molar-refractivity contribution in [2.45, 2.75) is 11.8 Å². The van der Waals surface area contributed by atoms with Crippen molar-refractivity contribution in [3.8, 4) is 0 Å². The Morgan fingerprint density at radius 3 is 2.47 bits per heavy atom. The van der Waals surface area contributed by atoms with E-state index in [1.807, 2.05) is 55.5 Å². The third-order valence-electron chi connectivity index (χ3n) is 3.09. The summed E-state index contributed by atoms with van der Waals surface area (Å²) in [5.74, 6) is 0. The molecule has 2 N–H and O–H groups in total. The minimum atomic E-state index is -2.61. The van der Waals surface area contributed by atoms with Crippen molar-refractivity contribution in [2.75, 3.05) is 0 Å². The van der Waals surface area contributed by atoms with Crippen LogP contribution in [0.5, 0.6) is 0 Å². The lowest BCUT2D eigenvalue weighted by Crippen LogP contribution is -2.07. The molecule has 4 heteroatoms. The van der Waals surface area contributed by atoms with E-state index in [-0.39, 0.29) is 0 Å². The third kappa shape index (κ3) is 2.04. The Balaban J connectivity index is 2.25. The summed E-state index contributed by atoms with van der Waals surface area (Å²) in [4.78, 5) is 0.690. The van der Waals surface area contributed by atoms with Crippen LogP contribution in [0.15, 0.2) is 63.2 Å². The van der Waals surface area contributed by atoms with Gasteiger partial charge in [0.15, 0.2) is 0 Å². The number of rotatable bonds is 1. The molecule has 1 unspecified atom stereocenters. The molecular formula is C15H14N2OS. The van der Waals surface area contributed by atoms with Gasteiger partial charge in [-0.3, -0.25) is 0 Å². The summed E-state index contributed by atoms with van der Waals surface area (Å²) in [6.45, 7) is 1.99. The van der Waals surface area contributed by atoms with Crippen LogP contribution in [0.2, 0.25) is 0 Å². The Kier molecular flexibility index (Phi) is 2.68. The van der Waals surface area contributed by atoms with Crippen molar-refractivity contribution in [1.29, 1.82) is 0 Å². The zero-order valence-electron chi connectivity index (χ0n) is 10.5. The fourth-order valence-corrected chi connectivity index (χ4v) is 3.80. The second-order valence-electron chi connectivity index (χ2n) is 4.56. The Hall–Kier alpha value is -2.07. The quantitative estimate of drug-likeness (QED) is 0.863. The predicted molar refractivity (Wildman–Crippen MR) is 78.3 cm³/mol. The van der Waals surface area contributed by atoms with Crippen molar-refractivity contribution >= 4 is 21.1 Å². The van der Waals surface area contributed by atoms with Crippen molar-refractivity contribution in [2.24, 2.45) is 10.1 Å². The molecule has 2 aromatic carbocycles. The van der Waals surface area contributed by atoms with Gasteiger partial charge in [0.2, 0.25) is 0 Å². The van der Waals surface area contributed by atoms with E-state index in [4.69, 9.17) is 5.73 Å². The molecule has 0 bridgehead atoms. The first kappa shape index (κ1) is 12.0. The van der Waals surface area contributed by atoms with Gasteiger partial charge in [0.25, 0.3) is 0 Å². The normalized spacial score (nSPS) is 21.2. The van der Waals surface area contributed by atoms with E-state index in [9.17, 15) is 4.21 Å². The Bertz CT molecular complexity index is 782. The van der Waals surface area contributed by atoms with Gasteiger partial charge < -0.3 is 5.73 Å². The van der Waals surface area contributed by atoms with Gasteiger partial charge in [-0.2, -0.15) is 4.36 Å². The predicted octanol–water partition coefficient (Wildman–Crippen LogP) is 3.42. The highest BCUT2D eigenvalue weighted by molar-refractivity contribution is 7.96. The van der Waals surface area contributed by atoms with Crippen LogP contribution in [0, 0.1) is 6.92 Å². The lowest BCUT2D eigenvalue weighted by molar-refractivity contribution is 0.682. The smallest absolute Gasteiger partial charge is 0.104 e. The molecule has 0 fully saturated rings. The number of nitrogens with zero attached hydrogens (tertiary/aromatic N) is 1. The first-order valence-electron chi connectivity index (χ1n) is 5.99. The minimum absolute atomic E-state index is 0.524. The summed E-state index contributed by atoms with van der Waals surface area (Å²) in [5, 5.41) is 1.57. The maximum absolute atomic E-state index is 13.0. The first-order valence-corrected chi connectivity index (χ1v) is 7.57. The third-order valence-corrected chi connectivity index (χ3v) is 5.08. The number of benzene rings is 2. The Morgan fingerprint density at radius 2 is 1.74 bits per heavy atom. The van der Waals surface area contributed by atoms with Gasteiger partial charge in [-0.15, -0.1) is 0 Å². The van der Waals surface area contributed by atoms with E-state index >= 15 is 0 Å². The van der Waals surface area contributed by atoms with Gasteiger partial charge in [-0.05, 0) is 25.1 Å². The summed E-state index contributed by atoms with van der Waals surface area (Å²) < 4.78 is 17.4. The van der Waals surface area contributed by atoms with E-state index in [1.54, 1.807) is 5.41 Å². The number of hydrogen-bond acceptors (Lipinski definition) is 3. The van der Waals surface area contributed by atoms with Crippen LogP contribution in [0.1, 0.15) is 11.1 Å². The molecule has 1 aliphatic heterocycles. The molecule has 1 aliphatic rings. The van der Waals surface area contributed by atoms with Crippen LogP contribution in [0.4, 0.5) is 5.69 Å². The van der Waals surface area contributed by atoms with E-state index in [1.165, 1.54) is 0 Å². The number of fused-ring (bicyclic) bond motifs is 1. The SMILES string of the molecule is Cc1ccc(S2(=O)=Nc3ccccc3C(N)=C2)cc1. The molecule has 19 heavy (non-hydrogen) atoms. The Labute approximate surface area is 113 Å². The van der Waals surface area contributed by atoms with Gasteiger partial charge in [-0.1, -0.05) is 35.9 Å². The van der Waals surface area contributed by atoms with E-state index in [2.05, 4.69) is 4.36 Å². The fraction of sp³-hybridized carbons (Fsp3) is 0.0667. The van der Waals surface area contributed by atoms with Gasteiger partial charge in [-0.25, -0.2) is 4.21 Å².